The third-order valence-electron chi connectivity index (χ3n) is 1.54. The topological polar surface area (TPSA) is 20.3 Å². The normalized spacial score (nSPS) is 9.50. The van der Waals surface area contributed by atoms with Crippen LogP contribution in [0.15, 0.2) is 30.3 Å². The highest BCUT2D eigenvalue weighted by atomic mass is 35.5. The van der Waals surface area contributed by atoms with Crippen LogP contribution in [-0.4, -0.2) is 17.4 Å². The van der Waals surface area contributed by atoms with Gasteiger partial charge in [-0.3, -0.25) is 9.21 Å². The van der Waals surface area contributed by atoms with Crippen LogP contribution < -0.4 is 0 Å². The Kier molecular flexibility index (Phi) is 3.11. The second-order valence-electron chi connectivity index (χ2n) is 2.53. The lowest BCUT2D eigenvalue weighted by atomic mass is 10.1. The van der Waals surface area contributed by atoms with E-state index >= 15 is 0 Å². The molecule has 0 unspecified atom stereocenters. The highest BCUT2D eigenvalue weighted by Crippen LogP contribution is 2.02. The largest absolute Gasteiger partial charge is 0.273 e. The second kappa shape index (κ2) is 4.12. The van der Waals surface area contributed by atoms with E-state index in [-0.39, 0.29) is 5.91 Å². The van der Waals surface area contributed by atoms with Crippen LogP contribution in [0.3, 0.4) is 0 Å². The molecule has 0 saturated heterocycles. The van der Waals surface area contributed by atoms with Crippen molar-refractivity contribution in [3.05, 3.63) is 35.9 Å². The van der Waals surface area contributed by atoms with Gasteiger partial charge in [-0.05, 0) is 5.56 Å². The molecule has 0 aliphatic heterocycles. The van der Waals surface area contributed by atoms with E-state index in [0.29, 0.717) is 6.42 Å². The number of halogens is 1. The van der Waals surface area contributed by atoms with Crippen molar-refractivity contribution in [2.24, 2.45) is 0 Å². The van der Waals surface area contributed by atoms with E-state index < -0.39 is 0 Å². The molecule has 0 N–H and O–H groups in total. The highest BCUT2D eigenvalue weighted by Gasteiger charge is 2.05. The van der Waals surface area contributed by atoms with Gasteiger partial charge in [0.05, 0.1) is 6.42 Å². The Labute approximate surface area is 76.9 Å². The van der Waals surface area contributed by atoms with Crippen molar-refractivity contribution in [2.45, 2.75) is 6.42 Å². The molecule has 2 nitrogen and oxygen atoms in total. The molecule has 12 heavy (non-hydrogen) atoms. The van der Waals surface area contributed by atoms with Crippen LogP contribution >= 0.6 is 11.8 Å². The number of hydrogen-bond acceptors (Lipinski definition) is 1. The first kappa shape index (κ1) is 9.07. The van der Waals surface area contributed by atoms with Crippen molar-refractivity contribution in [1.82, 2.24) is 4.42 Å². The molecule has 0 fully saturated rings. The number of carbonyl (C=O) groups excluding carboxylic acids is 1. The third-order valence-corrected chi connectivity index (χ3v) is 1.73. The highest BCUT2D eigenvalue weighted by molar-refractivity contribution is 6.21. The zero-order valence-corrected chi connectivity index (χ0v) is 7.58. The molecule has 0 heterocycles. The van der Waals surface area contributed by atoms with Gasteiger partial charge in [-0.15, -0.1) is 0 Å². The molecule has 0 bridgehead atoms. The summed E-state index contributed by atoms with van der Waals surface area (Å²) in [4.78, 5) is 11.1. The Bertz CT molecular complexity index is 258. The molecule has 1 aromatic rings. The van der Waals surface area contributed by atoms with Gasteiger partial charge in [0, 0.05) is 18.8 Å². The Morgan fingerprint density at radius 2 is 2.00 bits per heavy atom. The van der Waals surface area contributed by atoms with Gasteiger partial charge in [0.25, 0.3) is 0 Å². The summed E-state index contributed by atoms with van der Waals surface area (Å²) >= 11 is 5.46. The lowest BCUT2D eigenvalue weighted by Crippen LogP contribution is -2.18. The Morgan fingerprint density at radius 1 is 1.42 bits per heavy atom. The minimum absolute atomic E-state index is 0.0946. The summed E-state index contributed by atoms with van der Waals surface area (Å²) in [6.07, 6.45) is 0.362. The maximum absolute atomic E-state index is 11.1. The SMILES string of the molecule is CN(Cl)C(=O)Cc1ccccc1. The van der Waals surface area contributed by atoms with Crippen LogP contribution in [0, 0.1) is 0 Å². The van der Waals surface area contributed by atoms with Crippen molar-refractivity contribution in [3.8, 4) is 0 Å². The molecule has 1 amide bonds. The molecular formula is C9H10ClNO. The summed E-state index contributed by atoms with van der Waals surface area (Å²) in [7, 11) is 1.53. The summed E-state index contributed by atoms with van der Waals surface area (Å²) in [6, 6.07) is 9.52. The third kappa shape index (κ3) is 2.55. The molecular weight excluding hydrogens is 174 g/mol. The summed E-state index contributed by atoms with van der Waals surface area (Å²) in [5.41, 5.74) is 0.981. The van der Waals surface area contributed by atoms with Crippen LogP contribution in [0.5, 0.6) is 0 Å². The van der Waals surface area contributed by atoms with E-state index in [1.807, 2.05) is 30.3 Å². The number of amides is 1. The number of nitrogens with zero attached hydrogens (tertiary/aromatic N) is 1. The molecule has 0 aliphatic carbocycles. The number of benzene rings is 1. The summed E-state index contributed by atoms with van der Waals surface area (Å²) in [6.45, 7) is 0. The molecule has 0 radical (unpaired) electrons. The maximum atomic E-state index is 11.1. The van der Waals surface area contributed by atoms with Crippen LogP contribution in [-0.2, 0) is 11.2 Å². The molecule has 0 spiro atoms. The Balaban J connectivity index is 2.59. The Hall–Kier alpha value is -1.02. The molecule has 1 rings (SSSR count). The van der Waals surface area contributed by atoms with E-state index in [4.69, 9.17) is 11.8 Å². The smallest absolute Gasteiger partial charge is 0.241 e. The number of hydrogen-bond donors (Lipinski definition) is 0. The van der Waals surface area contributed by atoms with Crippen molar-refractivity contribution < 1.29 is 4.79 Å². The monoisotopic (exact) mass is 183 g/mol. The number of rotatable bonds is 2. The van der Waals surface area contributed by atoms with Crippen molar-refractivity contribution in [1.29, 1.82) is 0 Å². The van der Waals surface area contributed by atoms with E-state index in [9.17, 15) is 4.79 Å². The first-order valence-electron chi connectivity index (χ1n) is 3.66. The van der Waals surface area contributed by atoms with Gasteiger partial charge in [-0.2, -0.15) is 0 Å². The zero-order valence-electron chi connectivity index (χ0n) is 6.83. The van der Waals surface area contributed by atoms with Gasteiger partial charge in [-0.25, -0.2) is 0 Å². The van der Waals surface area contributed by atoms with E-state index in [1.165, 1.54) is 7.05 Å². The average molecular weight is 184 g/mol. The molecule has 3 heteroatoms. The molecule has 0 aromatic heterocycles. The quantitative estimate of drug-likeness (QED) is 0.641. The fraction of sp³-hybridized carbons (Fsp3) is 0.222. The first-order valence-corrected chi connectivity index (χ1v) is 4.00. The van der Waals surface area contributed by atoms with E-state index in [1.54, 1.807) is 0 Å². The van der Waals surface area contributed by atoms with Crippen LogP contribution in [0.1, 0.15) is 5.56 Å². The van der Waals surface area contributed by atoms with E-state index in [2.05, 4.69) is 0 Å². The minimum atomic E-state index is -0.0946. The molecule has 0 saturated carbocycles. The van der Waals surface area contributed by atoms with Crippen LogP contribution in [0.25, 0.3) is 0 Å². The first-order chi connectivity index (χ1) is 5.70. The predicted octanol–water partition coefficient (Wildman–Crippen LogP) is 1.84. The number of carbonyl (C=O) groups is 1. The van der Waals surface area contributed by atoms with Gasteiger partial charge >= 0.3 is 0 Å². The Morgan fingerprint density at radius 3 is 2.50 bits per heavy atom. The second-order valence-corrected chi connectivity index (χ2v) is 3.04. The molecule has 0 atom stereocenters. The molecule has 1 aromatic carbocycles. The fourth-order valence-electron chi connectivity index (χ4n) is 0.879. The summed E-state index contributed by atoms with van der Waals surface area (Å²) in [5, 5.41) is 0. The van der Waals surface area contributed by atoms with Crippen molar-refractivity contribution in [2.75, 3.05) is 7.05 Å². The lowest BCUT2D eigenvalue weighted by molar-refractivity contribution is -0.125. The molecule has 64 valence electrons. The van der Waals surface area contributed by atoms with Gasteiger partial charge in [0.15, 0.2) is 0 Å². The maximum Gasteiger partial charge on any atom is 0.241 e. The van der Waals surface area contributed by atoms with Gasteiger partial charge in [0.2, 0.25) is 5.91 Å². The standard InChI is InChI=1S/C9H10ClNO/c1-11(10)9(12)7-8-5-3-2-4-6-8/h2-6H,7H2,1H3. The molecule has 0 aliphatic rings. The minimum Gasteiger partial charge on any atom is -0.273 e. The van der Waals surface area contributed by atoms with Crippen LogP contribution in [0.4, 0.5) is 0 Å². The van der Waals surface area contributed by atoms with Gasteiger partial charge in [0.1, 0.15) is 0 Å². The van der Waals surface area contributed by atoms with Gasteiger partial charge < -0.3 is 0 Å². The van der Waals surface area contributed by atoms with Crippen LogP contribution in [0.2, 0.25) is 0 Å². The number of likely N-dealkylation sites (N-methyl/N-ethyl adjacent to an activating group) is 1. The van der Waals surface area contributed by atoms with Crippen molar-refractivity contribution >= 4 is 17.7 Å². The zero-order chi connectivity index (χ0) is 8.97. The summed E-state index contributed by atoms with van der Waals surface area (Å²) < 4.78 is 1.08. The van der Waals surface area contributed by atoms with Gasteiger partial charge in [-0.1, -0.05) is 30.3 Å². The summed E-state index contributed by atoms with van der Waals surface area (Å²) in [5.74, 6) is -0.0946. The average Bonchev–Trinajstić information content (AvgIpc) is 2.06. The van der Waals surface area contributed by atoms with Crippen molar-refractivity contribution in [3.63, 3.8) is 0 Å². The lowest BCUT2D eigenvalue weighted by Gasteiger charge is -2.05. The van der Waals surface area contributed by atoms with E-state index in [0.717, 1.165) is 9.98 Å². The predicted molar refractivity (Wildman–Crippen MR) is 48.8 cm³/mol. The fourth-order valence-corrected chi connectivity index (χ4v) is 0.939.